The number of amides is 1. The number of rotatable bonds is 10. The molecule has 1 heterocycles. The van der Waals surface area contributed by atoms with Crippen molar-refractivity contribution in [1.29, 1.82) is 0 Å². The Morgan fingerprint density at radius 1 is 0.946 bits per heavy atom. The van der Waals surface area contributed by atoms with E-state index in [0.29, 0.717) is 22.8 Å². The van der Waals surface area contributed by atoms with E-state index in [2.05, 4.69) is 10.5 Å². The molecule has 1 N–H and O–H groups in total. The van der Waals surface area contributed by atoms with E-state index in [4.69, 9.17) is 9.15 Å². The van der Waals surface area contributed by atoms with Gasteiger partial charge in [-0.15, -0.1) is 0 Å². The van der Waals surface area contributed by atoms with Gasteiger partial charge in [0, 0.05) is 12.1 Å². The molecular weight excluding hydrogens is 490 g/mol. The number of carbonyl (C=O) groups excluding carboxylic acids is 1. The van der Waals surface area contributed by atoms with Crippen LogP contribution in [0.25, 0.3) is 0 Å². The van der Waals surface area contributed by atoms with Gasteiger partial charge in [-0.3, -0.25) is 4.79 Å². The summed E-state index contributed by atoms with van der Waals surface area (Å²) in [6.07, 6.45) is 1.36. The third-order valence-corrected chi connectivity index (χ3v) is 7.39. The van der Waals surface area contributed by atoms with Crippen molar-refractivity contribution in [2.75, 3.05) is 7.11 Å². The molecule has 0 spiro atoms. The van der Waals surface area contributed by atoms with Gasteiger partial charge >= 0.3 is 0 Å². The number of sulfonamides is 1. The quantitative estimate of drug-likeness (QED) is 0.242. The summed E-state index contributed by atoms with van der Waals surface area (Å²) in [5, 5.41) is 3.94. The first-order chi connectivity index (χ1) is 17.8. The largest absolute Gasteiger partial charge is 0.497 e. The lowest BCUT2D eigenvalue weighted by atomic mass is 10.2. The minimum Gasteiger partial charge on any atom is -0.497 e. The van der Waals surface area contributed by atoms with Gasteiger partial charge in [0.1, 0.15) is 17.3 Å². The summed E-state index contributed by atoms with van der Waals surface area (Å²) in [6, 6.07) is 26.1. The molecule has 37 heavy (non-hydrogen) atoms. The molecule has 0 unspecified atom stereocenters. The van der Waals surface area contributed by atoms with Crippen LogP contribution >= 0.6 is 0 Å². The standard InChI is InChI=1S/C28H27N3O5S/c1-21-8-16-27(17-9-21)37(33,34)31(19-22-6-4-3-5-7-22)20-26-15-14-25(36-26)18-29-30-28(32)23-10-12-24(35-2)13-11-23/h3-18H,19-20H2,1-2H3,(H,30,32)/b29-18-. The predicted octanol–water partition coefficient (Wildman–Crippen LogP) is 4.75. The van der Waals surface area contributed by atoms with Crippen molar-refractivity contribution < 1.29 is 22.4 Å². The number of nitrogens with zero attached hydrogens (tertiary/aromatic N) is 2. The molecule has 0 atom stereocenters. The smallest absolute Gasteiger partial charge is 0.271 e. The Hall–Kier alpha value is -4.21. The van der Waals surface area contributed by atoms with Crippen molar-refractivity contribution >= 4 is 22.1 Å². The Balaban J connectivity index is 1.47. The van der Waals surface area contributed by atoms with Crippen LogP contribution < -0.4 is 10.2 Å². The Morgan fingerprint density at radius 3 is 2.32 bits per heavy atom. The van der Waals surface area contributed by atoms with Crippen molar-refractivity contribution in [1.82, 2.24) is 9.73 Å². The minimum absolute atomic E-state index is 0.0250. The molecule has 4 aromatic rings. The maximum absolute atomic E-state index is 13.5. The predicted molar refractivity (Wildman–Crippen MR) is 141 cm³/mol. The fraction of sp³-hybridized carbons (Fsp3) is 0.143. The van der Waals surface area contributed by atoms with Crippen LogP contribution in [0.3, 0.4) is 0 Å². The van der Waals surface area contributed by atoms with E-state index in [1.54, 1.807) is 67.8 Å². The van der Waals surface area contributed by atoms with Gasteiger partial charge in [-0.25, -0.2) is 13.8 Å². The second-order valence-corrected chi connectivity index (χ2v) is 10.2. The molecule has 1 aromatic heterocycles. The van der Waals surface area contributed by atoms with Gasteiger partial charge in [-0.05, 0) is 61.0 Å². The number of furan rings is 1. The van der Waals surface area contributed by atoms with Gasteiger partial charge in [0.25, 0.3) is 5.91 Å². The van der Waals surface area contributed by atoms with E-state index in [1.807, 2.05) is 37.3 Å². The third kappa shape index (κ3) is 6.72. The fourth-order valence-electron chi connectivity index (χ4n) is 3.56. The van der Waals surface area contributed by atoms with E-state index in [-0.39, 0.29) is 23.9 Å². The van der Waals surface area contributed by atoms with Gasteiger partial charge in [0.2, 0.25) is 10.0 Å². The first kappa shape index (κ1) is 25.9. The molecule has 8 nitrogen and oxygen atoms in total. The highest BCUT2D eigenvalue weighted by Gasteiger charge is 2.26. The highest BCUT2D eigenvalue weighted by atomic mass is 32.2. The SMILES string of the molecule is COc1ccc(C(=O)N/N=C\c2ccc(CN(Cc3ccccc3)S(=O)(=O)c3ccc(C)cc3)o2)cc1. The Bertz CT molecular complexity index is 1460. The molecular formula is C28H27N3O5S. The molecule has 190 valence electrons. The van der Waals surface area contributed by atoms with Crippen LogP contribution in [0.1, 0.15) is 33.0 Å². The van der Waals surface area contributed by atoms with Crippen molar-refractivity contribution in [2.24, 2.45) is 5.10 Å². The topological polar surface area (TPSA) is 101 Å². The Labute approximate surface area is 216 Å². The highest BCUT2D eigenvalue weighted by molar-refractivity contribution is 7.89. The lowest BCUT2D eigenvalue weighted by molar-refractivity contribution is 0.0955. The number of aryl methyl sites for hydroxylation is 1. The van der Waals surface area contributed by atoms with E-state index >= 15 is 0 Å². The molecule has 0 fully saturated rings. The zero-order valence-electron chi connectivity index (χ0n) is 20.5. The van der Waals surface area contributed by atoms with Gasteiger partial charge in [0.05, 0.1) is 24.8 Å². The highest BCUT2D eigenvalue weighted by Crippen LogP contribution is 2.22. The fourth-order valence-corrected chi connectivity index (χ4v) is 4.95. The van der Waals surface area contributed by atoms with Crippen molar-refractivity contribution in [3.63, 3.8) is 0 Å². The van der Waals surface area contributed by atoms with Crippen LogP contribution in [0, 0.1) is 6.92 Å². The first-order valence-corrected chi connectivity index (χ1v) is 13.0. The number of methoxy groups -OCH3 is 1. The second-order valence-electron chi connectivity index (χ2n) is 8.30. The van der Waals surface area contributed by atoms with Crippen LogP contribution in [0.2, 0.25) is 0 Å². The lowest BCUT2D eigenvalue weighted by Crippen LogP contribution is -2.30. The monoisotopic (exact) mass is 517 g/mol. The van der Waals surface area contributed by atoms with Gasteiger partial charge < -0.3 is 9.15 Å². The van der Waals surface area contributed by atoms with Crippen LogP contribution in [-0.4, -0.2) is 32.0 Å². The number of hydrazone groups is 1. The van der Waals surface area contributed by atoms with E-state index < -0.39 is 10.0 Å². The molecule has 0 radical (unpaired) electrons. The summed E-state index contributed by atoms with van der Waals surface area (Å²) >= 11 is 0. The molecule has 0 aliphatic heterocycles. The van der Waals surface area contributed by atoms with Crippen LogP contribution in [0.15, 0.2) is 105 Å². The average molecular weight is 518 g/mol. The number of nitrogens with one attached hydrogen (secondary N) is 1. The summed E-state index contributed by atoms with van der Waals surface area (Å²) in [5.74, 6) is 1.07. The molecule has 9 heteroatoms. The Kier molecular flexibility index (Phi) is 8.17. The summed E-state index contributed by atoms with van der Waals surface area (Å²) in [5.41, 5.74) is 4.70. The van der Waals surface area contributed by atoms with E-state index in [9.17, 15) is 13.2 Å². The van der Waals surface area contributed by atoms with Crippen LogP contribution in [0.5, 0.6) is 5.75 Å². The summed E-state index contributed by atoms with van der Waals surface area (Å²) < 4.78 is 39.2. The average Bonchev–Trinajstić information content (AvgIpc) is 3.36. The summed E-state index contributed by atoms with van der Waals surface area (Å²) in [7, 11) is -2.24. The number of hydrogen-bond acceptors (Lipinski definition) is 6. The molecule has 4 rings (SSSR count). The number of hydrogen-bond donors (Lipinski definition) is 1. The summed E-state index contributed by atoms with van der Waals surface area (Å²) in [6.45, 7) is 2.11. The zero-order chi connectivity index (χ0) is 26.3. The van der Waals surface area contributed by atoms with E-state index in [0.717, 1.165) is 11.1 Å². The molecule has 0 aliphatic carbocycles. The molecule has 0 saturated heterocycles. The number of benzene rings is 3. The van der Waals surface area contributed by atoms with Gasteiger partial charge in [-0.2, -0.15) is 9.41 Å². The molecule has 3 aromatic carbocycles. The summed E-state index contributed by atoms with van der Waals surface area (Å²) in [4.78, 5) is 12.5. The molecule has 0 bridgehead atoms. The molecule has 0 saturated carbocycles. The van der Waals surface area contributed by atoms with E-state index in [1.165, 1.54) is 10.5 Å². The Morgan fingerprint density at radius 2 is 1.65 bits per heavy atom. The van der Waals surface area contributed by atoms with Gasteiger partial charge in [0.15, 0.2) is 0 Å². The molecule has 1 amide bonds. The normalized spacial score (nSPS) is 11.6. The van der Waals surface area contributed by atoms with Gasteiger partial charge in [-0.1, -0.05) is 48.0 Å². The van der Waals surface area contributed by atoms with Crippen LogP contribution in [0.4, 0.5) is 0 Å². The van der Waals surface area contributed by atoms with Crippen molar-refractivity contribution in [3.8, 4) is 5.75 Å². The minimum atomic E-state index is -3.80. The number of carbonyl (C=O) groups is 1. The maximum Gasteiger partial charge on any atom is 0.271 e. The van der Waals surface area contributed by atoms with Crippen molar-refractivity contribution in [2.45, 2.75) is 24.9 Å². The zero-order valence-corrected chi connectivity index (χ0v) is 21.3. The van der Waals surface area contributed by atoms with Crippen LogP contribution in [-0.2, 0) is 23.1 Å². The second kappa shape index (κ2) is 11.7. The lowest BCUT2D eigenvalue weighted by Gasteiger charge is -2.21. The molecule has 0 aliphatic rings. The maximum atomic E-state index is 13.5. The first-order valence-electron chi connectivity index (χ1n) is 11.5. The van der Waals surface area contributed by atoms with Crippen molar-refractivity contribution in [3.05, 3.63) is 119 Å². The third-order valence-electron chi connectivity index (χ3n) is 5.59. The number of ether oxygens (including phenoxy) is 1.